The van der Waals surface area contributed by atoms with E-state index in [4.69, 9.17) is 14.7 Å². The van der Waals surface area contributed by atoms with Crippen molar-refractivity contribution in [3.8, 4) is 5.97 Å². The van der Waals surface area contributed by atoms with Gasteiger partial charge in [0, 0.05) is 12.5 Å². The highest BCUT2D eigenvalue weighted by molar-refractivity contribution is 6.67. The Morgan fingerprint density at radius 1 is 1.47 bits per heavy atom. The molecule has 0 radical (unpaired) electrons. The molecule has 0 bridgehead atoms. The fourth-order valence-electron chi connectivity index (χ4n) is 1.84. The Morgan fingerprint density at radius 3 is 2.76 bits per heavy atom. The molecule has 0 aromatic carbocycles. The Bertz CT molecular complexity index is 272. The van der Waals surface area contributed by atoms with E-state index in [0.717, 1.165) is 32.3 Å². The molecule has 0 atom stereocenters. The predicted octanol–water partition coefficient (Wildman–Crippen LogP) is 0.439. The molecule has 5 nitrogen and oxygen atoms in total. The van der Waals surface area contributed by atoms with E-state index < -0.39 is 0 Å². The lowest BCUT2D eigenvalue weighted by atomic mass is 9.45. The van der Waals surface area contributed by atoms with Crippen LogP contribution >= 0.6 is 0 Å². The van der Waals surface area contributed by atoms with Gasteiger partial charge < -0.3 is 14.4 Å². The molecule has 17 heavy (non-hydrogen) atoms. The summed E-state index contributed by atoms with van der Waals surface area (Å²) in [6, 6.07) is 0. The molecule has 0 amide bonds. The highest BCUT2D eigenvalue weighted by Gasteiger charge is 2.21. The van der Waals surface area contributed by atoms with Crippen LogP contribution in [0, 0.1) is 11.2 Å². The summed E-state index contributed by atoms with van der Waals surface area (Å²) < 4.78 is 9.97. The summed E-state index contributed by atoms with van der Waals surface area (Å²) >= 11 is 0. The van der Waals surface area contributed by atoms with E-state index in [1.807, 2.05) is 0 Å². The van der Waals surface area contributed by atoms with Gasteiger partial charge in [-0.05, 0) is 32.7 Å². The molecule has 0 saturated carbocycles. The Hall–Kier alpha value is -1.06. The normalized spacial score (nSPS) is 16.6. The van der Waals surface area contributed by atoms with Crippen molar-refractivity contribution >= 4 is 12.7 Å². The third-order valence-corrected chi connectivity index (χ3v) is 2.85. The van der Waals surface area contributed by atoms with Crippen molar-refractivity contribution in [2.75, 3.05) is 39.5 Å². The fourth-order valence-corrected chi connectivity index (χ4v) is 1.84. The van der Waals surface area contributed by atoms with Crippen molar-refractivity contribution < 1.29 is 14.3 Å². The first-order chi connectivity index (χ1) is 8.26. The molecule has 1 aliphatic heterocycles. The highest BCUT2D eigenvalue weighted by Crippen LogP contribution is 2.09. The van der Waals surface area contributed by atoms with Crippen LogP contribution in [0.15, 0.2) is 0 Å². The lowest BCUT2D eigenvalue weighted by molar-refractivity contribution is -0.148. The van der Waals surface area contributed by atoms with E-state index in [-0.39, 0.29) is 19.3 Å². The summed E-state index contributed by atoms with van der Waals surface area (Å²) in [5.41, 5.74) is 0. The Kier molecular flexibility index (Phi) is 6.67. The third kappa shape index (κ3) is 5.71. The Balaban J connectivity index is 2.01. The van der Waals surface area contributed by atoms with Crippen LogP contribution in [-0.4, -0.2) is 57.0 Å². The summed E-state index contributed by atoms with van der Waals surface area (Å²) in [5, 5.41) is 8.76. The van der Waals surface area contributed by atoms with Gasteiger partial charge in [-0.15, -0.1) is 0 Å². The molecule has 0 aliphatic carbocycles. The molecule has 1 aliphatic rings. The van der Waals surface area contributed by atoms with Crippen LogP contribution in [-0.2, 0) is 14.3 Å². The second-order valence-electron chi connectivity index (χ2n) is 4.10. The number of carbonyl (C=O) groups is 1. The zero-order valence-electron chi connectivity index (χ0n) is 10.4. The van der Waals surface area contributed by atoms with Crippen LogP contribution in [0.1, 0.15) is 6.92 Å². The van der Waals surface area contributed by atoms with E-state index in [1.54, 1.807) is 6.92 Å². The van der Waals surface area contributed by atoms with Crippen LogP contribution in [0.4, 0.5) is 0 Å². The van der Waals surface area contributed by atoms with Gasteiger partial charge in [-0.25, -0.2) is 10.1 Å². The molecule has 0 unspecified atom stereocenters. The van der Waals surface area contributed by atoms with Crippen LogP contribution in [0.3, 0.4) is 0 Å². The third-order valence-electron chi connectivity index (χ3n) is 2.85. The van der Waals surface area contributed by atoms with Gasteiger partial charge >= 0.3 is 5.97 Å². The second kappa shape index (κ2) is 8.10. The number of esters is 1. The first-order valence-electron chi connectivity index (χ1n) is 6.11. The predicted molar refractivity (Wildman–Crippen MR) is 64.9 cm³/mol. The average molecular weight is 238 g/mol. The average Bonchev–Trinajstić information content (AvgIpc) is 2.36. The van der Waals surface area contributed by atoms with Gasteiger partial charge in [-0.2, -0.15) is 0 Å². The quantitative estimate of drug-likeness (QED) is 0.381. The van der Waals surface area contributed by atoms with Crippen molar-refractivity contribution in [1.82, 2.24) is 4.90 Å². The second-order valence-corrected chi connectivity index (χ2v) is 4.10. The maximum Gasteiger partial charge on any atom is 0.332 e. The minimum Gasteiger partial charge on any atom is -0.464 e. The SMILES string of the molecule is CCOC(=O)COCCN1CCB(C#N)CC1. The van der Waals surface area contributed by atoms with E-state index >= 15 is 0 Å². The van der Waals surface area contributed by atoms with Crippen molar-refractivity contribution in [2.24, 2.45) is 0 Å². The molecule has 0 aromatic rings. The van der Waals surface area contributed by atoms with Crippen molar-refractivity contribution in [1.29, 1.82) is 5.26 Å². The van der Waals surface area contributed by atoms with Crippen LogP contribution < -0.4 is 0 Å². The summed E-state index contributed by atoms with van der Waals surface area (Å²) in [5.74, 6) is 1.99. The first-order valence-corrected chi connectivity index (χ1v) is 6.11. The maximum atomic E-state index is 11.0. The number of ether oxygens (including phenoxy) is 2. The first kappa shape index (κ1) is 14.0. The van der Waals surface area contributed by atoms with E-state index in [9.17, 15) is 4.79 Å². The number of rotatable bonds is 6. The molecule has 1 fully saturated rings. The number of nitrogens with zero attached hydrogens (tertiary/aromatic N) is 2. The zero-order chi connectivity index (χ0) is 12.5. The molecule has 6 heteroatoms. The molecular formula is C11H19BN2O3. The largest absolute Gasteiger partial charge is 0.464 e. The lowest BCUT2D eigenvalue weighted by Gasteiger charge is -2.27. The molecule has 1 rings (SSSR count). The monoisotopic (exact) mass is 238 g/mol. The van der Waals surface area contributed by atoms with E-state index in [1.165, 1.54) is 0 Å². The van der Waals surface area contributed by atoms with Crippen molar-refractivity contribution in [2.45, 2.75) is 19.6 Å². The molecular weight excluding hydrogens is 219 g/mol. The standard InChI is InChI=1S/C11H19BN2O3/c1-2-17-11(15)9-16-8-7-14-5-3-12(10-13)4-6-14/h2-9H2,1H3. The van der Waals surface area contributed by atoms with Crippen LogP contribution in [0.2, 0.25) is 12.6 Å². The summed E-state index contributed by atoms with van der Waals surface area (Å²) in [4.78, 5) is 13.2. The van der Waals surface area contributed by atoms with Crippen LogP contribution in [0.5, 0.6) is 0 Å². The van der Waals surface area contributed by atoms with E-state index in [0.29, 0.717) is 13.2 Å². The minimum absolute atomic E-state index is 0.0303. The smallest absolute Gasteiger partial charge is 0.332 e. The fraction of sp³-hybridized carbons (Fsp3) is 0.818. The lowest BCUT2D eigenvalue weighted by Crippen LogP contribution is -2.38. The van der Waals surface area contributed by atoms with Gasteiger partial charge in [-0.1, -0.05) is 0 Å². The number of nitriles is 1. The van der Waals surface area contributed by atoms with Crippen molar-refractivity contribution in [3.05, 3.63) is 0 Å². The molecule has 1 heterocycles. The van der Waals surface area contributed by atoms with Crippen LogP contribution in [0.25, 0.3) is 0 Å². The molecule has 0 N–H and O–H groups in total. The summed E-state index contributed by atoms with van der Waals surface area (Å²) in [6.45, 7) is 5.66. The summed E-state index contributed by atoms with van der Waals surface area (Å²) in [7, 11) is 0. The van der Waals surface area contributed by atoms with Gasteiger partial charge in [0.25, 0.3) is 6.71 Å². The minimum atomic E-state index is -0.310. The van der Waals surface area contributed by atoms with Gasteiger partial charge in [0.1, 0.15) is 6.61 Å². The van der Waals surface area contributed by atoms with Gasteiger partial charge in [-0.3, -0.25) is 0 Å². The van der Waals surface area contributed by atoms with Gasteiger partial charge in [0.2, 0.25) is 0 Å². The number of carbonyl (C=O) groups excluding carboxylic acids is 1. The summed E-state index contributed by atoms with van der Waals surface area (Å²) in [6.07, 6.45) is 1.88. The zero-order valence-corrected chi connectivity index (χ0v) is 10.4. The van der Waals surface area contributed by atoms with Gasteiger partial charge in [0.15, 0.2) is 0 Å². The molecule has 0 spiro atoms. The topological polar surface area (TPSA) is 62.6 Å². The maximum absolute atomic E-state index is 11.0. The number of hydrogen-bond acceptors (Lipinski definition) is 5. The Morgan fingerprint density at radius 2 is 2.18 bits per heavy atom. The number of hydrogen-bond donors (Lipinski definition) is 0. The van der Waals surface area contributed by atoms with E-state index in [2.05, 4.69) is 10.9 Å². The molecule has 0 aromatic heterocycles. The molecule has 1 saturated heterocycles. The van der Waals surface area contributed by atoms with Gasteiger partial charge in [0.05, 0.1) is 13.2 Å². The molecule has 94 valence electrons. The Labute approximate surface area is 103 Å². The highest BCUT2D eigenvalue weighted by atomic mass is 16.6. The van der Waals surface area contributed by atoms with Crippen molar-refractivity contribution in [3.63, 3.8) is 0 Å².